The van der Waals surface area contributed by atoms with E-state index in [1.54, 1.807) is 18.2 Å². The van der Waals surface area contributed by atoms with Crippen molar-refractivity contribution in [1.29, 1.82) is 0 Å². The Morgan fingerprint density at radius 3 is 2.64 bits per heavy atom. The van der Waals surface area contributed by atoms with Crippen molar-refractivity contribution in [2.24, 2.45) is 0 Å². The van der Waals surface area contributed by atoms with E-state index in [2.05, 4.69) is 35.9 Å². The maximum absolute atomic E-state index is 14.0. The average molecular weight is 338 g/mol. The highest BCUT2D eigenvalue weighted by Gasteiger charge is 2.24. The summed E-state index contributed by atoms with van der Waals surface area (Å²) in [6.07, 6.45) is 3.83. The molecule has 2 aromatic carbocycles. The first kappa shape index (κ1) is 16.3. The Morgan fingerprint density at radius 1 is 1.12 bits per heavy atom. The number of hydrogen-bond donors (Lipinski definition) is 0. The number of hydrogen-bond acceptors (Lipinski definition) is 3. The third-order valence-corrected chi connectivity index (χ3v) is 5.30. The van der Waals surface area contributed by atoms with Gasteiger partial charge < -0.3 is 4.42 Å². The molecule has 25 heavy (non-hydrogen) atoms. The number of fused-ring (bicyclic) bond motifs is 1. The van der Waals surface area contributed by atoms with Gasteiger partial charge in [0, 0.05) is 18.6 Å². The fourth-order valence-corrected chi connectivity index (χ4v) is 3.82. The number of halogens is 1. The Bertz CT molecular complexity index is 878. The second-order valence-electron chi connectivity index (χ2n) is 7.10. The second kappa shape index (κ2) is 6.60. The summed E-state index contributed by atoms with van der Waals surface area (Å²) in [6.45, 7) is 5.53. The zero-order valence-electron chi connectivity index (χ0n) is 14.7. The first-order chi connectivity index (χ1) is 12.1. The molecule has 3 nitrogen and oxygen atoms in total. The summed E-state index contributed by atoms with van der Waals surface area (Å²) < 4.78 is 19.7. The van der Waals surface area contributed by atoms with Crippen LogP contribution in [-0.4, -0.2) is 22.0 Å². The molecule has 4 rings (SSSR count). The summed E-state index contributed by atoms with van der Waals surface area (Å²) in [7, 11) is 0. The van der Waals surface area contributed by atoms with Crippen LogP contribution in [0.5, 0.6) is 0 Å². The van der Waals surface area contributed by atoms with Gasteiger partial charge >= 0.3 is 0 Å². The molecule has 0 bridgehead atoms. The molecule has 0 radical (unpaired) electrons. The van der Waals surface area contributed by atoms with Gasteiger partial charge in [0.15, 0.2) is 5.58 Å². The number of nitrogens with zero attached hydrogens (tertiary/aromatic N) is 2. The molecule has 0 N–H and O–H groups in total. The fourth-order valence-electron chi connectivity index (χ4n) is 3.82. The van der Waals surface area contributed by atoms with Crippen LogP contribution in [0, 0.1) is 5.82 Å². The molecule has 130 valence electrons. The monoisotopic (exact) mass is 338 g/mol. The van der Waals surface area contributed by atoms with E-state index in [1.807, 2.05) is 6.07 Å². The van der Waals surface area contributed by atoms with Crippen LogP contribution in [0.25, 0.3) is 22.6 Å². The standard InChI is InChI=1S/C21H23FN2O/c1-14-6-5-7-15(2)24(14)13-16-10-11-20-19(12-16)23-21(25-20)17-8-3-4-9-18(17)22/h3-4,8-12,14-15H,5-7,13H2,1-2H3. The molecule has 1 aliphatic heterocycles. The van der Waals surface area contributed by atoms with Crippen LogP contribution in [0.1, 0.15) is 38.7 Å². The van der Waals surface area contributed by atoms with Crippen LogP contribution in [0.2, 0.25) is 0 Å². The van der Waals surface area contributed by atoms with Crippen molar-refractivity contribution in [3.05, 3.63) is 53.8 Å². The fraction of sp³-hybridized carbons (Fsp3) is 0.381. The first-order valence-electron chi connectivity index (χ1n) is 9.02. The minimum atomic E-state index is -0.315. The first-order valence-corrected chi connectivity index (χ1v) is 9.02. The lowest BCUT2D eigenvalue weighted by Crippen LogP contribution is -2.42. The highest BCUT2D eigenvalue weighted by atomic mass is 19.1. The number of piperidine rings is 1. The average Bonchev–Trinajstić information content (AvgIpc) is 3.01. The van der Waals surface area contributed by atoms with Gasteiger partial charge in [-0.25, -0.2) is 9.37 Å². The summed E-state index contributed by atoms with van der Waals surface area (Å²) in [6, 6.07) is 13.9. The molecule has 0 aliphatic carbocycles. The molecule has 4 heteroatoms. The van der Waals surface area contributed by atoms with E-state index in [4.69, 9.17) is 4.42 Å². The number of oxazole rings is 1. The van der Waals surface area contributed by atoms with Gasteiger partial charge in [-0.15, -0.1) is 0 Å². The van der Waals surface area contributed by atoms with Gasteiger partial charge in [0.05, 0.1) is 5.56 Å². The van der Waals surface area contributed by atoms with Gasteiger partial charge in [-0.2, -0.15) is 0 Å². The molecule has 2 heterocycles. The van der Waals surface area contributed by atoms with Crippen molar-refractivity contribution >= 4 is 11.1 Å². The minimum Gasteiger partial charge on any atom is -0.436 e. The van der Waals surface area contributed by atoms with Crippen molar-refractivity contribution in [2.45, 2.75) is 51.7 Å². The minimum absolute atomic E-state index is 0.315. The summed E-state index contributed by atoms with van der Waals surface area (Å²) >= 11 is 0. The van der Waals surface area contributed by atoms with Crippen molar-refractivity contribution in [3.63, 3.8) is 0 Å². The Kier molecular flexibility index (Phi) is 4.30. The molecule has 1 aliphatic rings. The van der Waals surface area contributed by atoms with E-state index in [-0.39, 0.29) is 5.82 Å². The molecule has 0 spiro atoms. The molecule has 1 fully saturated rings. The van der Waals surface area contributed by atoms with Crippen molar-refractivity contribution < 1.29 is 8.81 Å². The van der Waals surface area contributed by atoms with E-state index < -0.39 is 0 Å². The van der Waals surface area contributed by atoms with E-state index in [0.29, 0.717) is 29.1 Å². The summed E-state index contributed by atoms with van der Waals surface area (Å²) in [4.78, 5) is 7.07. The van der Waals surface area contributed by atoms with Gasteiger partial charge in [-0.3, -0.25) is 4.90 Å². The highest BCUT2D eigenvalue weighted by molar-refractivity contribution is 5.77. The second-order valence-corrected chi connectivity index (χ2v) is 7.10. The molecular formula is C21H23FN2O. The molecule has 2 unspecified atom stereocenters. The number of rotatable bonds is 3. The van der Waals surface area contributed by atoms with E-state index in [9.17, 15) is 4.39 Å². The lowest BCUT2D eigenvalue weighted by molar-refractivity contribution is 0.0953. The third kappa shape index (κ3) is 3.19. The predicted octanol–water partition coefficient (Wildman–Crippen LogP) is 5.40. The van der Waals surface area contributed by atoms with Crippen LogP contribution >= 0.6 is 0 Å². The van der Waals surface area contributed by atoms with Gasteiger partial charge in [-0.05, 0) is 56.5 Å². The van der Waals surface area contributed by atoms with Crippen molar-refractivity contribution in [1.82, 2.24) is 9.88 Å². The summed E-state index contributed by atoms with van der Waals surface area (Å²) in [5.41, 5.74) is 3.11. The third-order valence-electron chi connectivity index (χ3n) is 5.30. The number of likely N-dealkylation sites (tertiary alicyclic amines) is 1. The van der Waals surface area contributed by atoms with Crippen LogP contribution in [0.3, 0.4) is 0 Å². The number of aromatic nitrogens is 1. The Hall–Kier alpha value is -2.20. The zero-order chi connectivity index (χ0) is 17.4. The van der Waals surface area contributed by atoms with Crippen LogP contribution < -0.4 is 0 Å². The Morgan fingerprint density at radius 2 is 1.88 bits per heavy atom. The largest absolute Gasteiger partial charge is 0.436 e. The van der Waals surface area contributed by atoms with Crippen molar-refractivity contribution in [2.75, 3.05) is 0 Å². The number of benzene rings is 2. The van der Waals surface area contributed by atoms with E-state index >= 15 is 0 Å². The van der Waals surface area contributed by atoms with E-state index in [0.717, 1.165) is 12.1 Å². The molecular weight excluding hydrogens is 315 g/mol. The Labute approximate surface area is 147 Å². The van der Waals surface area contributed by atoms with Gasteiger partial charge in [0.1, 0.15) is 11.3 Å². The SMILES string of the molecule is CC1CCCC(C)N1Cc1ccc2oc(-c3ccccc3F)nc2c1. The Balaban J connectivity index is 1.63. The molecule has 1 saturated heterocycles. The van der Waals surface area contributed by atoms with Crippen molar-refractivity contribution in [3.8, 4) is 11.5 Å². The molecule has 1 aromatic heterocycles. The topological polar surface area (TPSA) is 29.3 Å². The lowest BCUT2D eigenvalue weighted by atomic mass is 9.97. The quantitative estimate of drug-likeness (QED) is 0.640. The normalized spacial score (nSPS) is 21.7. The maximum atomic E-state index is 14.0. The van der Waals surface area contributed by atoms with Gasteiger partial charge in [-0.1, -0.05) is 24.6 Å². The van der Waals surface area contributed by atoms with Crippen LogP contribution in [0.15, 0.2) is 46.9 Å². The summed E-state index contributed by atoms with van der Waals surface area (Å²) in [5.74, 6) is 0.0233. The molecule has 2 atom stereocenters. The highest BCUT2D eigenvalue weighted by Crippen LogP contribution is 2.29. The molecule has 3 aromatic rings. The van der Waals surface area contributed by atoms with Gasteiger partial charge in [0.2, 0.25) is 5.89 Å². The lowest BCUT2D eigenvalue weighted by Gasteiger charge is -2.39. The zero-order valence-corrected chi connectivity index (χ0v) is 14.7. The van der Waals surface area contributed by atoms with Crippen LogP contribution in [-0.2, 0) is 6.54 Å². The van der Waals surface area contributed by atoms with E-state index in [1.165, 1.54) is 30.9 Å². The summed E-state index contributed by atoms with van der Waals surface area (Å²) in [5, 5.41) is 0. The molecule has 0 saturated carbocycles. The van der Waals surface area contributed by atoms with Gasteiger partial charge in [0.25, 0.3) is 0 Å². The smallest absolute Gasteiger partial charge is 0.230 e. The molecule has 0 amide bonds. The predicted molar refractivity (Wildman–Crippen MR) is 97.7 cm³/mol. The van der Waals surface area contributed by atoms with Crippen LogP contribution in [0.4, 0.5) is 4.39 Å². The maximum Gasteiger partial charge on any atom is 0.230 e.